The molecule has 0 unspecified atom stereocenters. The number of nitrogens with one attached hydrogen (secondary N) is 2. The average molecular weight is 455 g/mol. The quantitative estimate of drug-likeness (QED) is 0.419. The van der Waals surface area contributed by atoms with Crippen molar-refractivity contribution in [3.8, 4) is 5.75 Å². The Kier molecular flexibility index (Phi) is 6.79. The molecule has 3 rings (SSSR count). The molecule has 2 N–H and O–H groups in total. The van der Waals surface area contributed by atoms with Gasteiger partial charge in [-0.05, 0) is 55.8 Å². The fourth-order valence-electron chi connectivity index (χ4n) is 3.01. The van der Waals surface area contributed by atoms with Gasteiger partial charge in [0.15, 0.2) is 5.75 Å². The summed E-state index contributed by atoms with van der Waals surface area (Å²) in [4.78, 5) is 24.5. The van der Waals surface area contributed by atoms with Crippen LogP contribution < -0.4 is 14.8 Å². The minimum Gasteiger partial charge on any atom is -0.465 e. The highest BCUT2D eigenvalue weighted by Crippen LogP contribution is 2.28. The first-order chi connectivity index (χ1) is 15.2. The summed E-state index contributed by atoms with van der Waals surface area (Å²) in [5.74, 6) is -1.03. The highest BCUT2D eigenvalue weighted by atomic mass is 32.2. The fourth-order valence-corrected chi connectivity index (χ4v) is 4.17. The number of hydrogen-bond donors (Lipinski definition) is 2. The standard InChI is InChI=1S/C23H22N2O6S/c1-15-9-12-21(16(2)13-15)32(28,29)31-20-11-10-18(14-19(20)22(26)30-3)25-23(27)24-17-7-5-4-6-8-17/h4-14H,1-3H3,(H2,24,25,27). The molecule has 0 aliphatic carbocycles. The predicted octanol–water partition coefficient (Wildman–Crippen LogP) is 4.50. The fraction of sp³-hybridized carbons (Fsp3) is 0.130. The number of urea groups is 1. The van der Waals surface area contributed by atoms with Crippen molar-refractivity contribution >= 4 is 33.5 Å². The number of esters is 1. The molecule has 166 valence electrons. The van der Waals surface area contributed by atoms with Gasteiger partial charge in [-0.15, -0.1) is 0 Å². The van der Waals surface area contributed by atoms with Gasteiger partial charge in [0.05, 0.1) is 7.11 Å². The summed E-state index contributed by atoms with van der Waals surface area (Å²) in [6, 6.07) is 17.1. The summed E-state index contributed by atoms with van der Waals surface area (Å²) in [7, 11) is -3.05. The molecule has 0 radical (unpaired) electrons. The minimum absolute atomic E-state index is 0.0108. The van der Waals surface area contributed by atoms with Gasteiger partial charge in [0.25, 0.3) is 0 Å². The van der Waals surface area contributed by atoms with E-state index in [0.717, 1.165) is 12.7 Å². The number of anilines is 2. The lowest BCUT2D eigenvalue weighted by Crippen LogP contribution is -2.20. The smallest absolute Gasteiger partial charge is 0.341 e. The number of amides is 2. The van der Waals surface area contributed by atoms with E-state index in [1.807, 2.05) is 13.0 Å². The Labute approximate surface area is 186 Å². The zero-order chi connectivity index (χ0) is 23.3. The largest absolute Gasteiger partial charge is 0.465 e. The lowest BCUT2D eigenvalue weighted by atomic mass is 10.2. The lowest BCUT2D eigenvalue weighted by molar-refractivity contribution is 0.0599. The normalized spacial score (nSPS) is 10.8. The van der Waals surface area contributed by atoms with E-state index in [1.165, 1.54) is 24.3 Å². The van der Waals surface area contributed by atoms with Crippen LogP contribution >= 0.6 is 0 Å². The van der Waals surface area contributed by atoms with E-state index in [-0.39, 0.29) is 21.9 Å². The molecule has 3 aromatic carbocycles. The van der Waals surface area contributed by atoms with Crippen molar-refractivity contribution in [1.29, 1.82) is 0 Å². The van der Waals surface area contributed by atoms with Crippen LogP contribution in [0.15, 0.2) is 71.6 Å². The van der Waals surface area contributed by atoms with Crippen LogP contribution in [-0.4, -0.2) is 27.5 Å². The van der Waals surface area contributed by atoms with Crippen molar-refractivity contribution in [3.05, 3.63) is 83.4 Å². The molecule has 9 heteroatoms. The third-order valence-electron chi connectivity index (χ3n) is 4.47. The molecule has 0 saturated carbocycles. The van der Waals surface area contributed by atoms with E-state index < -0.39 is 22.1 Å². The summed E-state index contributed by atoms with van der Waals surface area (Å²) in [5, 5.41) is 5.23. The van der Waals surface area contributed by atoms with Gasteiger partial charge in [-0.25, -0.2) is 9.59 Å². The zero-order valence-electron chi connectivity index (χ0n) is 17.7. The number of carbonyl (C=O) groups is 2. The van der Waals surface area contributed by atoms with E-state index in [4.69, 9.17) is 8.92 Å². The number of aryl methyl sites for hydroxylation is 2. The molecule has 0 aliphatic heterocycles. The average Bonchev–Trinajstić information content (AvgIpc) is 2.74. The van der Waals surface area contributed by atoms with Gasteiger partial charge in [-0.2, -0.15) is 8.42 Å². The van der Waals surface area contributed by atoms with Gasteiger partial charge in [0.2, 0.25) is 0 Å². The maximum Gasteiger partial charge on any atom is 0.341 e. The second-order valence-corrected chi connectivity index (χ2v) is 8.47. The van der Waals surface area contributed by atoms with Crippen LogP contribution in [0.3, 0.4) is 0 Å². The topological polar surface area (TPSA) is 111 Å². The molecule has 0 heterocycles. The van der Waals surface area contributed by atoms with E-state index in [1.54, 1.807) is 43.3 Å². The monoisotopic (exact) mass is 454 g/mol. The molecule has 32 heavy (non-hydrogen) atoms. The van der Waals surface area contributed by atoms with E-state index in [9.17, 15) is 18.0 Å². The van der Waals surface area contributed by atoms with Crippen LogP contribution in [0.2, 0.25) is 0 Å². The van der Waals surface area contributed by atoms with Crippen LogP contribution in [0.4, 0.5) is 16.2 Å². The molecular formula is C23H22N2O6S. The molecule has 2 amide bonds. The summed E-state index contributed by atoms with van der Waals surface area (Å²) >= 11 is 0. The van der Waals surface area contributed by atoms with Crippen molar-refractivity contribution in [3.63, 3.8) is 0 Å². The number of para-hydroxylation sites is 1. The van der Waals surface area contributed by atoms with E-state index in [0.29, 0.717) is 11.3 Å². The molecule has 8 nitrogen and oxygen atoms in total. The van der Waals surface area contributed by atoms with Crippen molar-refractivity contribution in [2.24, 2.45) is 0 Å². The van der Waals surface area contributed by atoms with Crippen LogP contribution in [0, 0.1) is 13.8 Å². The lowest BCUT2D eigenvalue weighted by Gasteiger charge is -2.14. The number of ether oxygens (including phenoxy) is 1. The van der Waals surface area contributed by atoms with Gasteiger partial charge < -0.3 is 19.6 Å². The van der Waals surface area contributed by atoms with Crippen molar-refractivity contribution in [2.45, 2.75) is 18.7 Å². The van der Waals surface area contributed by atoms with E-state index in [2.05, 4.69) is 10.6 Å². The van der Waals surface area contributed by atoms with Crippen LogP contribution in [0.5, 0.6) is 5.75 Å². The molecular weight excluding hydrogens is 432 g/mol. The molecule has 3 aromatic rings. The Morgan fingerprint density at radius 1 is 0.844 bits per heavy atom. The van der Waals surface area contributed by atoms with Gasteiger partial charge in [-0.3, -0.25) is 0 Å². The second kappa shape index (κ2) is 9.52. The summed E-state index contributed by atoms with van der Waals surface area (Å²) in [6.45, 7) is 3.50. The molecule has 0 bridgehead atoms. The number of methoxy groups -OCH3 is 1. The molecule has 0 saturated heterocycles. The van der Waals surface area contributed by atoms with Crippen molar-refractivity contribution in [2.75, 3.05) is 17.7 Å². The number of carbonyl (C=O) groups excluding carboxylic acids is 2. The van der Waals surface area contributed by atoms with Gasteiger partial charge in [0, 0.05) is 11.4 Å². The Hall–Kier alpha value is -3.85. The Bertz CT molecular complexity index is 1260. The third kappa shape index (κ3) is 5.44. The Balaban J connectivity index is 1.86. The summed E-state index contributed by atoms with van der Waals surface area (Å²) in [6.07, 6.45) is 0. The maximum absolute atomic E-state index is 12.8. The third-order valence-corrected chi connectivity index (χ3v) is 5.87. The minimum atomic E-state index is -4.21. The molecule has 0 spiro atoms. The Morgan fingerprint density at radius 3 is 2.19 bits per heavy atom. The van der Waals surface area contributed by atoms with Gasteiger partial charge >= 0.3 is 22.1 Å². The highest BCUT2D eigenvalue weighted by Gasteiger charge is 2.24. The molecule has 0 atom stereocenters. The van der Waals surface area contributed by atoms with Crippen LogP contribution in [0.1, 0.15) is 21.5 Å². The summed E-state index contributed by atoms with van der Waals surface area (Å²) in [5.41, 5.74) is 2.09. The first-order valence-electron chi connectivity index (χ1n) is 9.57. The van der Waals surface area contributed by atoms with Gasteiger partial charge in [-0.1, -0.05) is 35.9 Å². The number of benzene rings is 3. The molecule has 0 aromatic heterocycles. The number of hydrogen-bond acceptors (Lipinski definition) is 6. The van der Waals surface area contributed by atoms with Gasteiger partial charge in [0.1, 0.15) is 10.5 Å². The first kappa shape index (κ1) is 22.8. The second-order valence-electron chi connectivity index (χ2n) is 6.95. The first-order valence-corrected chi connectivity index (χ1v) is 11.0. The zero-order valence-corrected chi connectivity index (χ0v) is 18.5. The highest BCUT2D eigenvalue weighted by molar-refractivity contribution is 7.87. The van der Waals surface area contributed by atoms with Crippen molar-refractivity contribution in [1.82, 2.24) is 0 Å². The SMILES string of the molecule is COC(=O)c1cc(NC(=O)Nc2ccccc2)ccc1OS(=O)(=O)c1ccc(C)cc1C. The predicted molar refractivity (Wildman–Crippen MR) is 121 cm³/mol. The Morgan fingerprint density at radius 2 is 1.53 bits per heavy atom. The van der Waals surface area contributed by atoms with E-state index >= 15 is 0 Å². The molecule has 0 aliphatic rings. The van der Waals surface area contributed by atoms with Crippen LogP contribution in [-0.2, 0) is 14.9 Å². The summed E-state index contributed by atoms with van der Waals surface area (Å²) < 4.78 is 35.6. The maximum atomic E-state index is 12.8. The van der Waals surface area contributed by atoms with Crippen LogP contribution in [0.25, 0.3) is 0 Å². The molecule has 0 fully saturated rings. The number of rotatable bonds is 6. The van der Waals surface area contributed by atoms with Crippen molar-refractivity contribution < 1.29 is 26.9 Å².